The van der Waals surface area contributed by atoms with Crippen molar-refractivity contribution in [1.29, 1.82) is 0 Å². The van der Waals surface area contributed by atoms with Gasteiger partial charge in [-0.05, 0) is 42.3 Å². The maximum Gasteiger partial charge on any atom is 0.259 e. The molecular formula is C22H19BrN4O. The number of hydrogen-bond donors (Lipinski definition) is 0. The lowest BCUT2D eigenvalue weighted by molar-refractivity contribution is 0.0993. The van der Waals surface area contributed by atoms with Crippen molar-refractivity contribution in [3.05, 3.63) is 88.2 Å². The van der Waals surface area contributed by atoms with Gasteiger partial charge in [-0.15, -0.1) is 0 Å². The fourth-order valence-corrected chi connectivity index (χ4v) is 3.36. The average Bonchev–Trinajstić information content (AvgIpc) is 3.11. The number of rotatable bonds is 4. The second kappa shape index (κ2) is 7.56. The van der Waals surface area contributed by atoms with Crippen LogP contribution in [0.4, 0.5) is 5.69 Å². The Bertz CT molecular complexity index is 1150. The van der Waals surface area contributed by atoms with Crippen molar-refractivity contribution in [2.45, 2.75) is 13.5 Å². The lowest BCUT2D eigenvalue weighted by Crippen LogP contribution is -2.26. The third kappa shape index (κ3) is 3.55. The first-order valence-electron chi connectivity index (χ1n) is 8.92. The molecule has 2 aromatic heterocycles. The number of nitrogens with zero attached hydrogens (tertiary/aromatic N) is 4. The number of aromatic nitrogens is 3. The smallest absolute Gasteiger partial charge is 0.259 e. The summed E-state index contributed by atoms with van der Waals surface area (Å²) in [5.74, 6) is -0.105. The van der Waals surface area contributed by atoms with Crippen molar-refractivity contribution in [3.8, 4) is 0 Å². The van der Waals surface area contributed by atoms with Gasteiger partial charge in [-0.25, -0.2) is 9.67 Å². The molecule has 0 aliphatic heterocycles. The zero-order chi connectivity index (χ0) is 19.7. The van der Waals surface area contributed by atoms with Gasteiger partial charge in [0.15, 0.2) is 5.65 Å². The molecule has 0 bridgehead atoms. The van der Waals surface area contributed by atoms with Crippen LogP contribution >= 0.6 is 15.9 Å². The minimum absolute atomic E-state index is 0.105. The predicted molar refractivity (Wildman–Crippen MR) is 115 cm³/mol. The summed E-state index contributed by atoms with van der Waals surface area (Å²) in [6, 6.07) is 17.8. The highest BCUT2D eigenvalue weighted by Crippen LogP contribution is 2.24. The minimum Gasteiger partial charge on any atom is -0.311 e. The van der Waals surface area contributed by atoms with Gasteiger partial charge in [-0.1, -0.05) is 46.3 Å². The minimum atomic E-state index is -0.105. The fourth-order valence-electron chi connectivity index (χ4n) is 3.11. The molecule has 0 radical (unpaired) electrons. The fraction of sp³-hybridized carbons (Fsp3) is 0.136. The Labute approximate surface area is 171 Å². The Morgan fingerprint density at radius 2 is 1.89 bits per heavy atom. The number of hydrogen-bond acceptors (Lipinski definition) is 3. The summed E-state index contributed by atoms with van der Waals surface area (Å²) in [7, 11) is 1.77. The topological polar surface area (TPSA) is 51.0 Å². The van der Waals surface area contributed by atoms with Crippen molar-refractivity contribution in [1.82, 2.24) is 14.8 Å². The zero-order valence-electron chi connectivity index (χ0n) is 15.6. The molecule has 0 aliphatic carbocycles. The molecule has 0 aliphatic rings. The first-order valence-corrected chi connectivity index (χ1v) is 9.72. The number of fused-ring (bicyclic) bond motifs is 1. The number of carbonyl (C=O) groups is 1. The maximum absolute atomic E-state index is 12.9. The Morgan fingerprint density at radius 1 is 1.11 bits per heavy atom. The second-order valence-corrected chi connectivity index (χ2v) is 7.58. The van der Waals surface area contributed by atoms with E-state index >= 15 is 0 Å². The first kappa shape index (κ1) is 18.4. The largest absolute Gasteiger partial charge is 0.311 e. The van der Waals surface area contributed by atoms with Crippen molar-refractivity contribution >= 4 is 38.6 Å². The van der Waals surface area contributed by atoms with E-state index in [9.17, 15) is 4.79 Å². The van der Waals surface area contributed by atoms with E-state index in [1.54, 1.807) is 24.3 Å². The van der Waals surface area contributed by atoms with E-state index in [4.69, 9.17) is 0 Å². The standard InChI is InChI=1S/C22H19BrN4O/c1-15-10-19(8-9-20(15)23)26(2)22(28)18-11-17-13-25-27(21(17)24-12-18)14-16-6-4-3-5-7-16/h3-13H,14H2,1-2H3. The van der Waals surface area contributed by atoms with Crippen LogP contribution in [-0.4, -0.2) is 27.7 Å². The molecule has 0 saturated carbocycles. The van der Waals surface area contributed by atoms with E-state index in [0.29, 0.717) is 12.1 Å². The molecule has 0 fully saturated rings. The number of anilines is 1. The van der Waals surface area contributed by atoms with E-state index < -0.39 is 0 Å². The summed E-state index contributed by atoms with van der Waals surface area (Å²) in [5, 5.41) is 5.29. The number of aryl methyl sites for hydroxylation is 1. The first-order chi connectivity index (χ1) is 13.5. The molecule has 140 valence electrons. The molecule has 6 heteroatoms. The van der Waals surface area contributed by atoms with Gasteiger partial charge in [-0.3, -0.25) is 4.79 Å². The molecule has 2 heterocycles. The maximum atomic E-state index is 12.9. The summed E-state index contributed by atoms with van der Waals surface area (Å²) >= 11 is 3.49. The van der Waals surface area contributed by atoms with Crippen molar-refractivity contribution in [3.63, 3.8) is 0 Å². The molecule has 28 heavy (non-hydrogen) atoms. The van der Waals surface area contributed by atoms with E-state index in [0.717, 1.165) is 32.3 Å². The summed E-state index contributed by atoms with van der Waals surface area (Å²) in [6.07, 6.45) is 3.38. The molecule has 0 atom stereocenters. The van der Waals surface area contributed by atoms with Gasteiger partial charge in [-0.2, -0.15) is 5.10 Å². The Morgan fingerprint density at radius 3 is 2.64 bits per heavy atom. The van der Waals surface area contributed by atoms with Crippen LogP contribution in [0.15, 0.2) is 71.5 Å². The lowest BCUT2D eigenvalue weighted by atomic mass is 10.1. The van der Waals surface area contributed by atoms with Crippen LogP contribution in [0.25, 0.3) is 11.0 Å². The molecule has 0 saturated heterocycles. The summed E-state index contributed by atoms with van der Waals surface area (Å²) in [4.78, 5) is 19.1. The molecule has 0 spiro atoms. The Kier molecular flexibility index (Phi) is 4.96. The van der Waals surface area contributed by atoms with Gasteiger partial charge in [0.1, 0.15) is 0 Å². The predicted octanol–water partition coefficient (Wildman–Crippen LogP) is 4.83. The van der Waals surface area contributed by atoms with Crippen molar-refractivity contribution in [2.24, 2.45) is 0 Å². The van der Waals surface area contributed by atoms with Crippen LogP contribution in [0.5, 0.6) is 0 Å². The van der Waals surface area contributed by atoms with Gasteiger partial charge in [0, 0.05) is 28.8 Å². The third-order valence-corrected chi connectivity index (χ3v) is 5.62. The lowest BCUT2D eigenvalue weighted by Gasteiger charge is -2.18. The summed E-state index contributed by atoms with van der Waals surface area (Å²) in [5.41, 5.74) is 4.37. The van der Waals surface area contributed by atoms with E-state index in [-0.39, 0.29) is 5.91 Å². The number of carbonyl (C=O) groups excluding carboxylic acids is 1. The summed E-state index contributed by atoms with van der Waals surface area (Å²) < 4.78 is 2.87. The van der Waals surface area contributed by atoms with E-state index in [1.807, 2.05) is 54.1 Å². The quantitative estimate of drug-likeness (QED) is 0.462. The number of halogens is 1. The Hall–Kier alpha value is -2.99. The molecule has 2 aromatic carbocycles. The van der Waals surface area contributed by atoms with Crippen molar-refractivity contribution in [2.75, 3.05) is 11.9 Å². The van der Waals surface area contributed by atoms with Crippen molar-refractivity contribution < 1.29 is 4.79 Å². The zero-order valence-corrected chi connectivity index (χ0v) is 17.2. The highest BCUT2D eigenvalue weighted by Gasteiger charge is 2.16. The molecule has 0 unspecified atom stereocenters. The van der Waals surface area contributed by atoms with Gasteiger partial charge >= 0.3 is 0 Å². The van der Waals surface area contributed by atoms with E-state index in [1.165, 1.54) is 0 Å². The van der Waals surface area contributed by atoms with Crippen LogP contribution in [-0.2, 0) is 6.54 Å². The average molecular weight is 435 g/mol. The van der Waals surface area contributed by atoms with Gasteiger partial charge in [0.2, 0.25) is 0 Å². The van der Waals surface area contributed by atoms with Crippen LogP contribution in [0.2, 0.25) is 0 Å². The molecule has 1 amide bonds. The van der Waals surface area contributed by atoms with Crippen LogP contribution in [0.3, 0.4) is 0 Å². The summed E-state index contributed by atoms with van der Waals surface area (Å²) in [6.45, 7) is 2.64. The molecule has 5 nitrogen and oxygen atoms in total. The molecule has 4 aromatic rings. The normalized spacial score (nSPS) is 11.0. The monoisotopic (exact) mass is 434 g/mol. The highest BCUT2D eigenvalue weighted by atomic mass is 79.9. The third-order valence-electron chi connectivity index (χ3n) is 4.73. The molecule has 4 rings (SSSR count). The van der Waals surface area contributed by atoms with Crippen LogP contribution < -0.4 is 4.90 Å². The highest BCUT2D eigenvalue weighted by molar-refractivity contribution is 9.10. The molecule has 0 N–H and O–H groups in total. The van der Waals surface area contributed by atoms with Crippen LogP contribution in [0.1, 0.15) is 21.5 Å². The number of benzene rings is 2. The molecular weight excluding hydrogens is 416 g/mol. The Balaban J connectivity index is 1.60. The SMILES string of the molecule is Cc1cc(N(C)C(=O)c2cnc3c(cnn3Cc3ccccc3)c2)ccc1Br. The van der Waals surface area contributed by atoms with Gasteiger partial charge in [0.25, 0.3) is 5.91 Å². The second-order valence-electron chi connectivity index (χ2n) is 6.72. The van der Waals surface area contributed by atoms with Gasteiger partial charge in [0.05, 0.1) is 18.3 Å². The number of pyridine rings is 1. The van der Waals surface area contributed by atoms with Gasteiger partial charge < -0.3 is 4.90 Å². The van der Waals surface area contributed by atoms with Crippen LogP contribution in [0, 0.1) is 6.92 Å². The van der Waals surface area contributed by atoms with E-state index in [2.05, 4.69) is 38.1 Å². The number of amides is 1.